The number of benzene rings is 3. The molecule has 3 N–H and O–H groups in total. The predicted molar refractivity (Wildman–Crippen MR) is 170 cm³/mol. The van der Waals surface area contributed by atoms with Gasteiger partial charge in [0.1, 0.15) is 0 Å². The largest absolute Gasteiger partial charge is 0.346 e. The number of carbonyl (C=O) groups excluding carboxylic acids is 2. The summed E-state index contributed by atoms with van der Waals surface area (Å²) in [6.45, 7) is 8.76. The SMILES string of the molecule is CC(C)[C@H](NC(=O)[C@H](Cc1cccc2ccccc12)CS(=O)(=O)C(C)(C)C)C(=O)[C@@H](C1CS1)C(N)c1ccccc1. The average Bonchev–Trinajstić information content (AvgIpc) is 3.76. The van der Waals surface area contributed by atoms with Crippen LogP contribution in [0.1, 0.15) is 51.8 Å². The van der Waals surface area contributed by atoms with E-state index in [2.05, 4.69) is 5.32 Å². The molecule has 8 heteroatoms. The lowest BCUT2D eigenvalue weighted by Crippen LogP contribution is -2.52. The minimum Gasteiger partial charge on any atom is -0.346 e. The number of Topliss-reactive ketones (excluding diaryl/α,β-unsaturated/α-hetero) is 1. The average molecular weight is 595 g/mol. The van der Waals surface area contributed by atoms with Crippen molar-refractivity contribution in [1.82, 2.24) is 5.32 Å². The van der Waals surface area contributed by atoms with E-state index in [-0.39, 0.29) is 29.1 Å². The van der Waals surface area contributed by atoms with Crippen molar-refractivity contribution in [2.24, 2.45) is 23.5 Å². The fourth-order valence-corrected chi connectivity index (χ4v) is 7.39. The van der Waals surface area contributed by atoms with Gasteiger partial charge in [0.2, 0.25) is 5.91 Å². The van der Waals surface area contributed by atoms with Crippen LogP contribution in [0.2, 0.25) is 0 Å². The molecule has 4 rings (SSSR count). The van der Waals surface area contributed by atoms with Crippen molar-refractivity contribution in [1.29, 1.82) is 0 Å². The highest BCUT2D eigenvalue weighted by Gasteiger charge is 2.45. The van der Waals surface area contributed by atoms with E-state index in [0.29, 0.717) is 0 Å². The molecule has 5 atom stereocenters. The van der Waals surface area contributed by atoms with E-state index in [1.807, 2.05) is 86.6 Å². The Kier molecular flexibility index (Phi) is 9.66. The lowest BCUT2D eigenvalue weighted by Gasteiger charge is -2.31. The topological polar surface area (TPSA) is 106 Å². The number of hydrogen-bond donors (Lipinski definition) is 2. The van der Waals surface area contributed by atoms with Crippen LogP contribution < -0.4 is 11.1 Å². The zero-order valence-electron chi connectivity index (χ0n) is 24.5. The third-order valence-electron chi connectivity index (χ3n) is 8.00. The molecule has 1 amide bonds. The lowest BCUT2D eigenvalue weighted by molar-refractivity contribution is -0.133. The van der Waals surface area contributed by atoms with E-state index in [0.717, 1.165) is 27.7 Å². The van der Waals surface area contributed by atoms with E-state index in [1.54, 1.807) is 32.5 Å². The Bertz CT molecular complexity index is 1470. The number of fused-ring (bicyclic) bond motifs is 1. The molecule has 6 nitrogen and oxygen atoms in total. The second-order valence-corrected chi connectivity index (χ2v) is 16.5. The Morgan fingerprint density at radius 3 is 2.20 bits per heavy atom. The highest BCUT2D eigenvalue weighted by atomic mass is 32.2. The molecule has 0 saturated carbocycles. The molecule has 220 valence electrons. The number of hydrogen-bond acceptors (Lipinski definition) is 6. The summed E-state index contributed by atoms with van der Waals surface area (Å²) in [5.41, 5.74) is 8.46. The van der Waals surface area contributed by atoms with E-state index in [4.69, 9.17) is 5.73 Å². The van der Waals surface area contributed by atoms with Crippen LogP contribution in [0, 0.1) is 17.8 Å². The van der Waals surface area contributed by atoms with Crippen LogP contribution in [0.4, 0.5) is 0 Å². The van der Waals surface area contributed by atoms with Crippen molar-refractivity contribution in [3.05, 3.63) is 83.9 Å². The molecule has 1 fully saturated rings. The molecule has 1 saturated heterocycles. The van der Waals surface area contributed by atoms with Gasteiger partial charge in [-0.2, -0.15) is 11.8 Å². The Balaban J connectivity index is 1.64. The molecule has 0 spiro atoms. The second-order valence-electron chi connectivity index (χ2n) is 12.4. The number of thioether (sulfide) groups is 1. The van der Waals surface area contributed by atoms with Gasteiger partial charge in [0.15, 0.2) is 15.6 Å². The molecule has 0 aromatic heterocycles. The van der Waals surface area contributed by atoms with E-state index in [1.165, 1.54) is 0 Å². The van der Waals surface area contributed by atoms with Crippen LogP contribution in [-0.4, -0.2) is 47.7 Å². The molecule has 41 heavy (non-hydrogen) atoms. The maximum absolute atomic E-state index is 14.1. The van der Waals surface area contributed by atoms with Gasteiger partial charge >= 0.3 is 0 Å². The minimum atomic E-state index is -3.63. The summed E-state index contributed by atoms with van der Waals surface area (Å²) in [6.07, 6.45) is 0.243. The van der Waals surface area contributed by atoms with Crippen molar-refractivity contribution in [3.8, 4) is 0 Å². The van der Waals surface area contributed by atoms with Crippen LogP contribution in [0.5, 0.6) is 0 Å². The standard InChI is InChI=1S/C33H42N2O4S2/c1-21(2)30(31(36)28(27-19-40-27)29(34)23-13-7-6-8-14-23)35-32(37)25(20-41(38,39)33(3,4)5)18-24-16-11-15-22-12-9-10-17-26(22)24/h6-17,21,25,27-30H,18-20,34H2,1-5H3,(H,35,37)/t25-,27?,28+,29?,30+/m1/s1. The van der Waals surface area contributed by atoms with Gasteiger partial charge in [-0.3, -0.25) is 9.59 Å². The van der Waals surface area contributed by atoms with Crippen LogP contribution in [0.15, 0.2) is 72.8 Å². The third-order valence-corrected chi connectivity index (χ3v) is 11.7. The fourth-order valence-electron chi connectivity index (χ4n) is 5.26. The molecule has 1 aliphatic rings. The lowest BCUT2D eigenvalue weighted by atomic mass is 9.82. The number of nitrogens with two attached hydrogens (primary N) is 1. The molecule has 2 unspecified atom stereocenters. The van der Waals surface area contributed by atoms with Crippen LogP contribution in [0.3, 0.4) is 0 Å². The first-order valence-corrected chi connectivity index (χ1v) is 17.0. The van der Waals surface area contributed by atoms with Crippen molar-refractivity contribution >= 4 is 44.1 Å². The quantitative estimate of drug-likeness (QED) is 0.274. The Hall–Kier alpha value is -2.68. The van der Waals surface area contributed by atoms with Crippen molar-refractivity contribution in [2.45, 2.75) is 63.1 Å². The number of nitrogens with one attached hydrogen (secondary N) is 1. The molecule has 3 aromatic carbocycles. The molecule has 0 radical (unpaired) electrons. The van der Waals surface area contributed by atoms with Crippen LogP contribution >= 0.6 is 11.8 Å². The van der Waals surface area contributed by atoms with Crippen LogP contribution in [0.25, 0.3) is 10.8 Å². The fraction of sp³-hybridized carbons (Fsp3) is 0.455. The Morgan fingerprint density at radius 1 is 0.976 bits per heavy atom. The first-order chi connectivity index (χ1) is 19.3. The molecular formula is C33H42N2O4S2. The summed E-state index contributed by atoms with van der Waals surface area (Å²) < 4.78 is 25.7. The monoisotopic (exact) mass is 594 g/mol. The zero-order chi connectivity index (χ0) is 29.9. The number of ketones is 1. The van der Waals surface area contributed by atoms with Gasteiger partial charge in [0, 0.05) is 17.0 Å². The summed E-state index contributed by atoms with van der Waals surface area (Å²) in [5.74, 6) is -1.49. The summed E-state index contributed by atoms with van der Waals surface area (Å²) >= 11 is 1.70. The highest BCUT2D eigenvalue weighted by Crippen LogP contribution is 2.43. The normalized spacial score (nSPS) is 18.5. The number of sulfone groups is 1. The number of carbonyl (C=O) groups is 2. The Morgan fingerprint density at radius 2 is 1.59 bits per heavy atom. The maximum Gasteiger partial charge on any atom is 0.225 e. The van der Waals surface area contributed by atoms with Crippen molar-refractivity contribution in [2.75, 3.05) is 11.5 Å². The smallest absolute Gasteiger partial charge is 0.225 e. The van der Waals surface area contributed by atoms with Gasteiger partial charge in [-0.1, -0.05) is 86.6 Å². The molecule has 0 aliphatic carbocycles. The van der Waals surface area contributed by atoms with E-state index in [9.17, 15) is 18.0 Å². The van der Waals surface area contributed by atoms with Gasteiger partial charge in [0.25, 0.3) is 0 Å². The predicted octanol–water partition coefficient (Wildman–Crippen LogP) is 5.35. The summed E-state index contributed by atoms with van der Waals surface area (Å²) in [6, 6.07) is 22.1. The summed E-state index contributed by atoms with van der Waals surface area (Å²) in [7, 11) is -3.63. The van der Waals surface area contributed by atoms with Crippen molar-refractivity contribution < 1.29 is 18.0 Å². The first-order valence-electron chi connectivity index (χ1n) is 14.3. The maximum atomic E-state index is 14.1. The van der Waals surface area contributed by atoms with Gasteiger partial charge < -0.3 is 11.1 Å². The summed E-state index contributed by atoms with van der Waals surface area (Å²) in [4.78, 5) is 28.1. The Labute approximate surface area is 248 Å². The minimum absolute atomic E-state index is 0.0951. The molecule has 1 aliphatic heterocycles. The van der Waals surface area contributed by atoms with E-state index < -0.39 is 44.4 Å². The van der Waals surface area contributed by atoms with Gasteiger partial charge in [-0.15, -0.1) is 0 Å². The van der Waals surface area contributed by atoms with E-state index >= 15 is 0 Å². The zero-order valence-corrected chi connectivity index (χ0v) is 26.2. The third kappa shape index (κ3) is 7.40. The summed E-state index contributed by atoms with van der Waals surface area (Å²) in [5, 5.41) is 5.12. The molecule has 1 heterocycles. The van der Waals surface area contributed by atoms with Crippen LogP contribution in [-0.2, 0) is 25.8 Å². The van der Waals surface area contributed by atoms with Gasteiger partial charge in [-0.25, -0.2) is 8.42 Å². The number of amides is 1. The molecular weight excluding hydrogens is 553 g/mol. The second kappa shape index (κ2) is 12.7. The molecule has 3 aromatic rings. The highest BCUT2D eigenvalue weighted by molar-refractivity contribution is 8.06. The van der Waals surface area contributed by atoms with Gasteiger partial charge in [-0.05, 0) is 55.0 Å². The van der Waals surface area contributed by atoms with Crippen molar-refractivity contribution in [3.63, 3.8) is 0 Å². The number of rotatable bonds is 12. The first kappa shape index (κ1) is 31.3. The van der Waals surface area contributed by atoms with Gasteiger partial charge in [0.05, 0.1) is 28.4 Å². The molecule has 0 bridgehead atoms.